The molecule has 1 aliphatic heterocycles. The third-order valence-corrected chi connectivity index (χ3v) is 4.01. The Kier molecular flexibility index (Phi) is 5.85. The van der Waals surface area contributed by atoms with E-state index in [1.54, 1.807) is 24.7 Å². The van der Waals surface area contributed by atoms with Gasteiger partial charge in [0.1, 0.15) is 12.4 Å². The van der Waals surface area contributed by atoms with Crippen LogP contribution in [0.4, 0.5) is 0 Å². The third kappa shape index (κ3) is 4.83. The van der Waals surface area contributed by atoms with E-state index in [9.17, 15) is 4.79 Å². The van der Waals surface area contributed by atoms with Crippen molar-refractivity contribution in [2.45, 2.75) is 31.9 Å². The molecule has 0 bridgehead atoms. The SMILES string of the molecule is O=C(NCCCn1ccnc1)c1ccc(OC[C@@H]2CCCO2)cc1. The molecule has 3 rings (SSSR count). The molecule has 0 unspecified atom stereocenters. The number of hydrogen-bond acceptors (Lipinski definition) is 4. The largest absolute Gasteiger partial charge is 0.491 e. The van der Waals surface area contributed by atoms with Gasteiger partial charge in [0.05, 0.1) is 12.4 Å². The predicted molar refractivity (Wildman–Crippen MR) is 90.1 cm³/mol. The number of nitrogens with zero attached hydrogens (tertiary/aromatic N) is 2. The minimum absolute atomic E-state index is 0.0636. The first-order chi connectivity index (χ1) is 11.8. The van der Waals surface area contributed by atoms with Gasteiger partial charge in [-0.1, -0.05) is 0 Å². The van der Waals surface area contributed by atoms with Gasteiger partial charge in [0.2, 0.25) is 0 Å². The number of amides is 1. The van der Waals surface area contributed by atoms with Crippen molar-refractivity contribution in [1.82, 2.24) is 14.9 Å². The van der Waals surface area contributed by atoms with Crippen molar-refractivity contribution in [2.75, 3.05) is 19.8 Å². The molecule has 0 aliphatic carbocycles. The Balaban J connectivity index is 1.38. The Hall–Kier alpha value is -2.34. The fourth-order valence-corrected chi connectivity index (χ4v) is 2.65. The summed E-state index contributed by atoms with van der Waals surface area (Å²) in [7, 11) is 0. The van der Waals surface area contributed by atoms with E-state index in [1.807, 2.05) is 22.9 Å². The second kappa shape index (κ2) is 8.49. The monoisotopic (exact) mass is 329 g/mol. The highest BCUT2D eigenvalue weighted by Gasteiger charge is 2.16. The van der Waals surface area contributed by atoms with Gasteiger partial charge >= 0.3 is 0 Å². The van der Waals surface area contributed by atoms with E-state index >= 15 is 0 Å². The van der Waals surface area contributed by atoms with E-state index in [4.69, 9.17) is 9.47 Å². The van der Waals surface area contributed by atoms with Crippen LogP contribution in [0.25, 0.3) is 0 Å². The molecular formula is C18H23N3O3. The summed E-state index contributed by atoms with van der Waals surface area (Å²) in [6.07, 6.45) is 8.66. The van der Waals surface area contributed by atoms with Gasteiger partial charge in [0.15, 0.2) is 0 Å². The van der Waals surface area contributed by atoms with Crippen molar-refractivity contribution in [2.24, 2.45) is 0 Å². The van der Waals surface area contributed by atoms with Crippen molar-refractivity contribution in [1.29, 1.82) is 0 Å². The van der Waals surface area contributed by atoms with Crippen LogP contribution in [0.2, 0.25) is 0 Å². The Morgan fingerprint density at radius 1 is 1.38 bits per heavy atom. The molecule has 1 aromatic carbocycles. The maximum absolute atomic E-state index is 12.1. The first kappa shape index (κ1) is 16.5. The quantitative estimate of drug-likeness (QED) is 0.755. The topological polar surface area (TPSA) is 65.4 Å². The van der Waals surface area contributed by atoms with Crippen molar-refractivity contribution in [3.05, 3.63) is 48.5 Å². The van der Waals surface area contributed by atoms with Gasteiger partial charge < -0.3 is 19.4 Å². The lowest BCUT2D eigenvalue weighted by Gasteiger charge is -2.11. The van der Waals surface area contributed by atoms with E-state index in [2.05, 4.69) is 10.3 Å². The molecule has 6 heteroatoms. The van der Waals surface area contributed by atoms with E-state index in [-0.39, 0.29) is 12.0 Å². The molecule has 1 atom stereocenters. The van der Waals surface area contributed by atoms with Crippen molar-refractivity contribution in [3.8, 4) is 5.75 Å². The first-order valence-corrected chi connectivity index (χ1v) is 8.40. The minimum Gasteiger partial charge on any atom is -0.491 e. The summed E-state index contributed by atoms with van der Waals surface area (Å²) in [5.41, 5.74) is 0.641. The molecule has 2 aromatic rings. The maximum Gasteiger partial charge on any atom is 0.251 e. The summed E-state index contributed by atoms with van der Waals surface area (Å²) in [4.78, 5) is 16.1. The molecule has 1 aromatic heterocycles. The molecular weight excluding hydrogens is 306 g/mol. The second-order valence-corrected chi connectivity index (χ2v) is 5.88. The van der Waals surface area contributed by atoms with Crippen LogP contribution < -0.4 is 10.1 Å². The number of hydrogen-bond donors (Lipinski definition) is 1. The van der Waals surface area contributed by atoms with E-state index in [0.29, 0.717) is 18.7 Å². The molecule has 1 saturated heterocycles. The van der Waals surface area contributed by atoms with Gasteiger partial charge in [-0.2, -0.15) is 0 Å². The minimum atomic E-state index is -0.0636. The lowest BCUT2D eigenvalue weighted by molar-refractivity contribution is 0.0679. The van der Waals surface area contributed by atoms with Gasteiger partial charge in [0.25, 0.3) is 5.91 Å². The number of rotatable bonds is 8. The molecule has 1 fully saturated rings. The molecule has 6 nitrogen and oxygen atoms in total. The van der Waals surface area contributed by atoms with Crippen molar-refractivity contribution < 1.29 is 14.3 Å². The normalized spacial score (nSPS) is 16.9. The number of ether oxygens (including phenoxy) is 2. The average molecular weight is 329 g/mol. The van der Waals surface area contributed by atoms with Crippen LogP contribution in [0.1, 0.15) is 29.6 Å². The molecule has 1 N–H and O–H groups in total. The van der Waals surface area contributed by atoms with Crippen LogP contribution >= 0.6 is 0 Å². The van der Waals surface area contributed by atoms with Crippen LogP contribution in [0.15, 0.2) is 43.0 Å². The van der Waals surface area contributed by atoms with E-state index in [0.717, 1.165) is 38.2 Å². The van der Waals surface area contributed by atoms with Crippen LogP contribution in [-0.4, -0.2) is 41.3 Å². The lowest BCUT2D eigenvalue weighted by Crippen LogP contribution is -2.25. The number of carbonyl (C=O) groups is 1. The van der Waals surface area contributed by atoms with Crippen LogP contribution in [0.5, 0.6) is 5.75 Å². The predicted octanol–water partition coefficient (Wildman–Crippen LogP) is 2.26. The van der Waals surface area contributed by atoms with Crippen LogP contribution in [0, 0.1) is 0 Å². The van der Waals surface area contributed by atoms with Gasteiger partial charge in [-0.05, 0) is 43.5 Å². The average Bonchev–Trinajstić information content (AvgIpc) is 3.31. The smallest absolute Gasteiger partial charge is 0.251 e. The summed E-state index contributed by atoms with van der Waals surface area (Å²) < 4.78 is 13.2. The third-order valence-electron chi connectivity index (χ3n) is 4.01. The highest BCUT2D eigenvalue weighted by molar-refractivity contribution is 5.94. The summed E-state index contributed by atoms with van der Waals surface area (Å²) in [5.74, 6) is 0.702. The lowest BCUT2D eigenvalue weighted by atomic mass is 10.2. The molecule has 2 heterocycles. The molecule has 0 saturated carbocycles. The molecule has 0 spiro atoms. The Morgan fingerprint density at radius 3 is 2.96 bits per heavy atom. The zero-order valence-corrected chi connectivity index (χ0v) is 13.7. The van der Waals surface area contributed by atoms with Crippen molar-refractivity contribution in [3.63, 3.8) is 0 Å². The number of carbonyl (C=O) groups excluding carboxylic acids is 1. The van der Waals surface area contributed by atoms with Crippen LogP contribution in [0.3, 0.4) is 0 Å². The highest BCUT2D eigenvalue weighted by atomic mass is 16.5. The van der Waals surface area contributed by atoms with Gasteiger partial charge in [-0.3, -0.25) is 4.79 Å². The molecule has 128 valence electrons. The number of aryl methyl sites for hydroxylation is 1. The Morgan fingerprint density at radius 2 is 2.25 bits per heavy atom. The standard InChI is InChI=1S/C18H23N3O3/c22-18(20-8-2-10-21-11-9-19-14-21)15-4-6-16(7-5-15)24-13-17-3-1-12-23-17/h4-7,9,11,14,17H,1-3,8,10,12-13H2,(H,20,22)/t17-/m0/s1. The number of benzene rings is 1. The van der Waals surface area contributed by atoms with Gasteiger partial charge in [-0.25, -0.2) is 4.98 Å². The molecule has 1 aliphatic rings. The van der Waals surface area contributed by atoms with E-state index in [1.165, 1.54) is 0 Å². The molecule has 1 amide bonds. The summed E-state index contributed by atoms with van der Waals surface area (Å²) in [6.45, 7) is 2.87. The number of nitrogens with one attached hydrogen (secondary N) is 1. The van der Waals surface area contributed by atoms with Gasteiger partial charge in [0, 0.05) is 37.7 Å². The molecule has 24 heavy (non-hydrogen) atoms. The zero-order chi connectivity index (χ0) is 16.6. The van der Waals surface area contributed by atoms with E-state index < -0.39 is 0 Å². The fraction of sp³-hybridized carbons (Fsp3) is 0.444. The Labute approximate surface area is 141 Å². The van der Waals surface area contributed by atoms with Gasteiger partial charge in [-0.15, -0.1) is 0 Å². The first-order valence-electron chi connectivity index (χ1n) is 8.40. The fourth-order valence-electron chi connectivity index (χ4n) is 2.65. The summed E-state index contributed by atoms with van der Waals surface area (Å²) in [5, 5.41) is 2.92. The second-order valence-electron chi connectivity index (χ2n) is 5.88. The van der Waals surface area contributed by atoms with Crippen LogP contribution in [-0.2, 0) is 11.3 Å². The summed E-state index contributed by atoms with van der Waals surface area (Å²) >= 11 is 0. The Bertz CT molecular complexity index is 619. The van der Waals surface area contributed by atoms with Crippen molar-refractivity contribution >= 4 is 5.91 Å². The number of imidazole rings is 1. The summed E-state index contributed by atoms with van der Waals surface area (Å²) in [6, 6.07) is 7.23. The molecule has 0 radical (unpaired) electrons. The number of aromatic nitrogens is 2. The maximum atomic E-state index is 12.1. The zero-order valence-electron chi connectivity index (χ0n) is 13.7. The highest BCUT2D eigenvalue weighted by Crippen LogP contribution is 2.16.